The molecule has 0 fully saturated rings. The largest absolute Gasteiger partial charge is 0.389 e. The number of hydrogen-bond acceptors (Lipinski definition) is 5. The third kappa shape index (κ3) is 4.91. The van der Waals surface area contributed by atoms with E-state index in [9.17, 15) is 13.5 Å². The molecule has 138 valence electrons. The Kier molecular flexibility index (Phi) is 5.70. The molecule has 0 aliphatic rings. The van der Waals surface area contributed by atoms with Crippen LogP contribution in [0.15, 0.2) is 54.6 Å². The fourth-order valence-corrected chi connectivity index (χ4v) is 3.51. The Bertz CT molecular complexity index is 968. The molecule has 0 bridgehead atoms. The minimum Gasteiger partial charge on any atom is -0.389 e. The monoisotopic (exact) mass is 374 g/mol. The van der Waals surface area contributed by atoms with Gasteiger partial charge in [-0.05, 0) is 17.7 Å². The molecule has 6 nitrogen and oxygen atoms in total. The van der Waals surface area contributed by atoms with Crippen LogP contribution in [0.5, 0.6) is 0 Å². The molecule has 0 aliphatic heterocycles. The molecule has 2 aromatic carbocycles. The zero-order chi connectivity index (χ0) is 18.6. The van der Waals surface area contributed by atoms with Gasteiger partial charge in [0.05, 0.1) is 36.9 Å². The van der Waals surface area contributed by atoms with E-state index >= 15 is 0 Å². The van der Waals surface area contributed by atoms with Crippen LogP contribution in [-0.2, 0) is 33.5 Å². The fourth-order valence-electron chi connectivity index (χ4n) is 2.82. The van der Waals surface area contributed by atoms with Gasteiger partial charge >= 0.3 is 0 Å². The number of ether oxygens (including phenoxy) is 1. The van der Waals surface area contributed by atoms with E-state index in [1.165, 1.54) is 6.26 Å². The molecule has 0 saturated carbocycles. The van der Waals surface area contributed by atoms with Crippen molar-refractivity contribution in [2.45, 2.75) is 25.0 Å². The van der Waals surface area contributed by atoms with Crippen molar-refractivity contribution >= 4 is 20.9 Å². The number of aliphatic hydroxyl groups excluding tert-OH is 1. The summed E-state index contributed by atoms with van der Waals surface area (Å²) in [5.74, 6) is 0.259. The topological polar surface area (TPSA) is 81.4 Å². The van der Waals surface area contributed by atoms with E-state index in [1.54, 1.807) is 4.57 Å². The van der Waals surface area contributed by atoms with Gasteiger partial charge in [0.15, 0.2) is 9.84 Å². The van der Waals surface area contributed by atoms with E-state index in [1.807, 2.05) is 54.6 Å². The molecule has 1 aromatic heterocycles. The van der Waals surface area contributed by atoms with Crippen molar-refractivity contribution in [1.82, 2.24) is 9.55 Å². The van der Waals surface area contributed by atoms with E-state index in [-0.39, 0.29) is 18.9 Å². The normalized spacial score (nSPS) is 13.2. The summed E-state index contributed by atoms with van der Waals surface area (Å²) < 4.78 is 30.7. The van der Waals surface area contributed by atoms with Crippen molar-refractivity contribution in [2.24, 2.45) is 0 Å². The summed E-state index contributed by atoms with van der Waals surface area (Å²) in [5.41, 5.74) is 2.54. The van der Waals surface area contributed by atoms with Gasteiger partial charge in [-0.2, -0.15) is 0 Å². The van der Waals surface area contributed by atoms with Crippen LogP contribution >= 0.6 is 0 Å². The molecule has 1 unspecified atom stereocenters. The lowest BCUT2D eigenvalue weighted by molar-refractivity contribution is 0.0206. The number of fused-ring (bicyclic) bond motifs is 1. The maximum absolute atomic E-state index is 11.7. The number of imidazole rings is 1. The van der Waals surface area contributed by atoms with Crippen LogP contribution in [0.3, 0.4) is 0 Å². The van der Waals surface area contributed by atoms with E-state index in [4.69, 9.17) is 4.74 Å². The molecule has 0 spiro atoms. The van der Waals surface area contributed by atoms with Crippen molar-refractivity contribution in [3.8, 4) is 0 Å². The number of aliphatic hydroxyl groups is 1. The number of nitrogens with zero attached hydrogens (tertiary/aromatic N) is 2. The minimum atomic E-state index is -3.23. The Morgan fingerprint density at radius 1 is 1.12 bits per heavy atom. The van der Waals surface area contributed by atoms with Crippen LogP contribution in [0.4, 0.5) is 0 Å². The Balaban J connectivity index is 1.71. The van der Waals surface area contributed by atoms with Gasteiger partial charge in [-0.15, -0.1) is 0 Å². The first kappa shape index (κ1) is 18.6. The minimum absolute atomic E-state index is 0.152. The summed E-state index contributed by atoms with van der Waals surface area (Å²) in [6.07, 6.45) is 0.408. The first-order chi connectivity index (χ1) is 12.4. The van der Waals surface area contributed by atoms with Crippen molar-refractivity contribution < 1.29 is 18.3 Å². The van der Waals surface area contributed by atoms with E-state index in [0.29, 0.717) is 17.9 Å². The lowest BCUT2D eigenvalue weighted by Gasteiger charge is -2.15. The lowest BCUT2D eigenvalue weighted by Crippen LogP contribution is -2.23. The molecule has 26 heavy (non-hydrogen) atoms. The Hall–Kier alpha value is -2.22. The number of para-hydroxylation sites is 2. The van der Waals surface area contributed by atoms with Gasteiger partial charge in [-0.1, -0.05) is 42.5 Å². The summed E-state index contributed by atoms with van der Waals surface area (Å²) in [4.78, 5) is 4.41. The summed E-state index contributed by atoms with van der Waals surface area (Å²) in [6.45, 7) is 0.790. The smallest absolute Gasteiger partial charge is 0.154 e. The van der Waals surface area contributed by atoms with Crippen LogP contribution in [0.25, 0.3) is 11.0 Å². The number of sulfone groups is 1. The molecule has 3 rings (SSSR count). The average molecular weight is 374 g/mol. The Labute approximate surface area is 153 Å². The van der Waals surface area contributed by atoms with Gasteiger partial charge in [0.1, 0.15) is 11.6 Å². The molecule has 7 heteroatoms. The predicted molar refractivity (Wildman–Crippen MR) is 100 cm³/mol. The molecule has 0 radical (unpaired) electrons. The Morgan fingerprint density at radius 2 is 1.81 bits per heavy atom. The van der Waals surface area contributed by atoms with Gasteiger partial charge in [-0.25, -0.2) is 13.4 Å². The van der Waals surface area contributed by atoms with Gasteiger partial charge in [0.2, 0.25) is 0 Å². The highest BCUT2D eigenvalue weighted by Gasteiger charge is 2.17. The Morgan fingerprint density at radius 3 is 2.54 bits per heavy atom. The highest BCUT2D eigenvalue weighted by Crippen LogP contribution is 2.18. The fraction of sp³-hybridized carbons (Fsp3) is 0.316. The molecule has 0 saturated heterocycles. The molecule has 1 N–H and O–H groups in total. The van der Waals surface area contributed by atoms with Crippen LogP contribution in [-0.4, -0.2) is 42.0 Å². The maximum Gasteiger partial charge on any atom is 0.154 e. The summed E-state index contributed by atoms with van der Waals surface area (Å²) in [5, 5.41) is 10.4. The quantitative estimate of drug-likeness (QED) is 0.653. The third-order valence-corrected chi connectivity index (χ3v) is 4.72. The standard InChI is InChI=1S/C19H22N2O4S/c1-26(23,24)14-19-20-17-9-5-6-10-18(17)21(19)11-16(22)13-25-12-15-7-3-2-4-8-15/h2-10,16,22H,11-14H2,1H3. The maximum atomic E-state index is 11.7. The van der Waals surface area contributed by atoms with Gasteiger partial charge in [0.25, 0.3) is 0 Å². The second kappa shape index (κ2) is 7.99. The average Bonchev–Trinajstić information content (AvgIpc) is 2.91. The second-order valence-electron chi connectivity index (χ2n) is 6.35. The van der Waals surface area contributed by atoms with Gasteiger partial charge < -0.3 is 14.4 Å². The predicted octanol–water partition coefficient (Wildman–Crippen LogP) is 2.16. The first-order valence-corrected chi connectivity index (χ1v) is 10.4. The lowest BCUT2D eigenvalue weighted by atomic mass is 10.2. The van der Waals surface area contributed by atoms with Crippen LogP contribution in [0.1, 0.15) is 11.4 Å². The molecule has 1 heterocycles. The molecule has 0 amide bonds. The second-order valence-corrected chi connectivity index (χ2v) is 8.49. The molecule has 0 aliphatic carbocycles. The first-order valence-electron chi connectivity index (χ1n) is 8.34. The van der Waals surface area contributed by atoms with Crippen molar-refractivity contribution in [3.05, 3.63) is 66.0 Å². The number of benzene rings is 2. The molecule has 3 aromatic rings. The highest BCUT2D eigenvalue weighted by molar-refractivity contribution is 7.89. The van der Waals surface area contributed by atoms with Crippen molar-refractivity contribution in [2.75, 3.05) is 12.9 Å². The summed E-state index contributed by atoms with van der Waals surface area (Å²) in [6, 6.07) is 17.1. The molecule has 1 atom stereocenters. The number of aromatic nitrogens is 2. The van der Waals surface area contributed by atoms with Gasteiger partial charge in [-0.3, -0.25) is 0 Å². The number of rotatable bonds is 8. The molecular formula is C19H22N2O4S. The highest BCUT2D eigenvalue weighted by atomic mass is 32.2. The zero-order valence-electron chi connectivity index (χ0n) is 14.6. The number of hydrogen-bond donors (Lipinski definition) is 1. The van der Waals surface area contributed by atoms with Gasteiger partial charge in [0, 0.05) is 6.26 Å². The van der Waals surface area contributed by atoms with E-state index < -0.39 is 15.9 Å². The third-order valence-electron chi connectivity index (χ3n) is 3.94. The van der Waals surface area contributed by atoms with Crippen LogP contribution in [0.2, 0.25) is 0 Å². The molecular weight excluding hydrogens is 352 g/mol. The van der Waals surface area contributed by atoms with Crippen molar-refractivity contribution in [1.29, 1.82) is 0 Å². The van der Waals surface area contributed by atoms with E-state index in [0.717, 1.165) is 11.1 Å². The zero-order valence-corrected chi connectivity index (χ0v) is 15.4. The van der Waals surface area contributed by atoms with E-state index in [2.05, 4.69) is 4.98 Å². The summed E-state index contributed by atoms with van der Waals surface area (Å²) in [7, 11) is -3.23. The van der Waals surface area contributed by atoms with Crippen LogP contribution in [0, 0.1) is 0 Å². The SMILES string of the molecule is CS(=O)(=O)Cc1nc2ccccc2n1CC(O)COCc1ccccc1. The van der Waals surface area contributed by atoms with Crippen LogP contribution < -0.4 is 0 Å². The summed E-state index contributed by atoms with van der Waals surface area (Å²) >= 11 is 0. The van der Waals surface area contributed by atoms with Crippen molar-refractivity contribution in [3.63, 3.8) is 0 Å².